The molecule has 3 heterocycles. The molecular weight excluding hydrogens is 372 g/mol. The van der Waals surface area contributed by atoms with Crippen LogP contribution in [-0.4, -0.2) is 29.1 Å². The molecule has 3 aliphatic rings. The minimum atomic E-state index is -0.823. The van der Waals surface area contributed by atoms with Crippen LogP contribution in [0.3, 0.4) is 0 Å². The summed E-state index contributed by atoms with van der Waals surface area (Å²) in [6, 6.07) is 8.59. The molecule has 1 saturated heterocycles. The molecule has 1 spiro atoms. The first-order valence-electron chi connectivity index (χ1n) is 10.0. The van der Waals surface area contributed by atoms with E-state index in [0.717, 1.165) is 25.1 Å². The van der Waals surface area contributed by atoms with Gasteiger partial charge in [0.05, 0.1) is 11.7 Å². The number of para-hydroxylation sites is 1. The summed E-state index contributed by atoms with van der Waals surface area (Å²) >= 11 is 6.38. The number of fused-ring (bicyclic) bond motifs is 6. The molecular formula is C22H25ClN4O. The number of hydrogen-bond donors (Lipinski definition) is 3. The Kier molecular flexibility index (Phi) is 4.16. The third-order valence-electron chi connectivity index (χ3n) is 6.36. The maximum Gasteiger partial charge on any atom is 0.247 e. The number of aryl methyl sites for hydroxylation is 1. The Morgan fingerprint density at radius 3 is 3.00 bits per heavy atom. The van der Waals surface area contributed by atoms with Crippen LogP contribution in [0.2, 0.25) is 0 Å². The van der Waals surface area contributed by atoms with Gasteiger partial charge in [-0.1, -0.05) is 42.0 Å². The molecule has 1 amide bonds. The smallest absolute Gasteiger partial charge is 0.247 e. The summed E-state index contributed by atoms with van der Waals surface area (Å²) in [5.74, 6) is -0.0423. The zero-order valence-electron chi connectivity index (χ0n) is 15.9. The molecule has 146 valence electrons. The van der Waals surface area contributed by atoms with E-state index in [9.17, 15) is 4.79 Å². The van der Waals surface area contributed by atoms with E-state index < -0.39 is 5.54 Å². The highest BCUT2D eigenvalue weighted by Crippen LogP contribution is 2.48. The van der Waals surface area contributed by atoms with Crippen molar-refractivity contribution in [3.63, 3.8) is 0 Å². The molecule has 6 heteroatoms. The van der Waals surface area contributed by atoms with Gasteiger partial charge in [-0.15, -0.1) is 0 Å². The number of allylic oxidation sites excluding steroid dienone is 2. The Balaban J connectivity index is 1.81. The molecule has 0 radical (unpaired) electrons. The van der Waals surface area contributed by atoms with Gasteiger partial charge in [0.25, 0.3) is 0 Å². The summed E-state index contributed by atoms with van der Waals surface area (Å²) in [7, 11) is 0. The molecule has 0 saturated carbocycles. The highest BCUT2D eigenvalue weighted by molar-refractivity contribution is 6.31. The highest BCUT2D eigenvalue weighted by Gasteiger charge is 2.59. The number of nitrogens with zero attached hydrogens (tertiary/aromatic N) is 1. The second kappa shape index (κ2) is 6.48. The summed E-state index contributed by atoms with van der Waals surface area (Å²) in [5.41, 5.74) is 8.55. The molecule has 5 nitrogen and oxygen atoms in total. The molecule has 0 bridgehead atoms. The maximum absolute atomic E-state index is 13.5. The number of nitrogens with one attached hydrogen (secondary N) is 2. The fraction of sp³-hybridized carbons (Fsp3) is 0.409. The second-order valence-corrected chi connectivity index (χ2v) is 8.57. The molecule has 4 atom stereocenters. The van der Waals surface area contributed by atoms with Crippen LogP contribution in [0.15, 0.2) is 47.5 Å². The van der Waals surface area contributed by atoms with Crippen LogP contribution in [0.5, 0.6) is 0 Å². The lowest BCUT2D eigenvalue weighted by molar-refractivity contribution is -0.126. The fourth-order valence-corrected chi connectivity index (χ4v) is 5.56. The van der Waals surface area contributed by atoms with Crippen LogP contribution in [0.1, 0.15) is 24.6 Å². The van der Waals surface area contributed by atoms with Crippen LogP contribution in [-0.2, 0) is 23.3 Å². The first-order valence-corrected chi connectivity index (χ1v) is 10.4. The van der Waals surface area contributed by atoms with Gasteiger partial charge in [-0.05, 0) is 44.0 Å². The number of nitrogens with two attached hydrogens (primary N) is 1. The van der Waals surface area contributed by atoms with E-state index >= 15 is 0 Å². The van der Waals surface area contributed by atoms with Gasteiger partial charge in [0.1, 0.15) is 5.54 Å². The van der Waals surface area contributed by atoms with Crippen molar-refractivity contribution in [2.75, 3.05) is 6.54 Å². The van der Waals surface area contributed by atoms with Gasteiger partial charge >= 0.3 is 0 Å². The number of rotatable bonds is 3. The predicted molar refractivity (Wildman–Crippen MR) is 112 cm³/mol. The zero-order chi connectivity index (χ0) is 19.5. The van der Waals surface area contributed by atoms with Gasteiger partial charge in [-0.3, -0.25) is 10.1 Å². The van der Waals surface area contributed by atoms with Crippen molar-refractivity contribution in [3.8, 4) is 0 Å². The predicted octanol–water partition coefficient (Wildman–Crippen LogP) is 2.53. The summed E-state index contributed by atoms with van der Waals surface area (Å²) in [4.78, 5) is 13.5. The van der Waals surface area contributed by atoms with E-state index in [-0.39, 0.29) is 23.9 Å². The van der Waals surface area contributed by atoms with Crippen LogP contribution in [0.4, 0.5) is 0 Å². The van der Waals surface area contributed by atoms with Crippen molar-refractivity contribution in [1.82, 2.24) is 15.2 Å². The van der Waals surface area contributed by atoms with Crippen molar-refractivity contribution >= 4 is 28.4 Å². The van der Waals surface area contributed by atoms with E-state index in [4.69, 9.17) is 17.3 Å². The van der Waals surface area contributed by atoms with Crippen LogP contribution < -0.4 is 16.4 Å². The SMILES string of the molecule is C[C@H]1Cc2c(n(CCCN)c3ccccc23)[C@@]2(N1)C(=O)NC1C=CC(Cl)=CC12. The third-order valence-corrected chi connectivity index (χ3v) is 6.62. The first kappa shape index (κ1) is 18.0. The van der Waals surface area contributed by atoms with Crippen molar-refractivity contribution in [2.24, 2.45) is 11.7 Å². The first-order chi connectivity index (χ1) is 13.6. The molecule has 5 rings (SSSR count). The van der Waals surface area contributed by atoms with Gasteiger partial charge in [0.2, 0.25) is 5.91 Å². The molecule has 1 fully saturated rings. The quantitative estimate of drug-likeness (QED) is 0.746. The topological polar surface area (TPSA) is 72.1 Å². The van der Waals surface area contributed by atoms with Crippen LogP contribution in [0, 0.1) is 5.92 Å². The molecule has 28 heavy (non-hydrogen) atoms. The Morgan fingerprint density at radius 1 is 1.36 bits per heavy atom. The lowest BCUT2D eigenvalue weighted by Crippen LogP contribution is -2.59. The Hall–Kier alpha value is -2.08. The monoisotopic (exact) mass is 396 g/mol. The largest absolute Gasteiger partial charge is 0.347 e. The molecule has 2 aromatic rings. The van der Waals surface area contributed by atoms with Crippen LogP contribution in [0.25, 0.3) is 10.9 Å². The Morgan fingerprint density at radius 2 is 2.18 bits per heavy atom. The number of aromatic nitrogens is 1. The molecule has 1 aromatic heterocycles. The molecule has 2 unspecified atom stereocenters. The van der Waals surface area contributed by atoms with E-state index in [2.05, 4.69) is 46.4 Å². The van der Waals surface area contributed by atoms with Crippen molar-refractivity contribution in [2.45, 2.75) is 43.9 Å². The van der Waals surface area contributed by atoms with E-state index in [1.807, 2.05) is 18.2 Å². The number of amides is 1. The zero-order valence-corrected chi connectivity index (χ0v) is 16.7. The highest BCUT2D eigenvalue weighted by atomic mass is 35.5. The summed E-state index contributed by atoms with van der Waals surface area (Å²) < 4.78 is 2.32. The van der Waals surface area contributed by atoms with E-state index in [0.29, 0.717) is 11.6 Å². The molecule has 1 aliphatic carbocycles. The average Bonchev–Trinajstić information content (AvgIpc) is 3.14. The minimum Gasteiger partial charge on any atom is -0.347 e. The van der Waals surface area contributed by atoms with Gasteiger partial charge in [0.15, 0.2) is 0 Å². The number of halogens is 1. The standard InChI is InChI=1S/C22H25ClN4O/c1-13-11-16-15-5-2-3-6-19(15)27(10-4-9-24)20(16)22(26-13)17-12-14(23)7-8-18(17)25-21(22)28/h2-3,5-8,12-13,17-18,26H,4,9-11,24H2,1H3,(H,25,28)/t13-,17?,18?,22+/m0/s1. The lowest BCUT2D eigenvalue weighted by atomic mass is 9.73. The van der Waals surface area contributed by atoms with Crippen molar-refractivity contribution in [3.05, 3.63) is 58.8 Å². The van der Waals surface area contributed by atoms with Crippen molar-refractivity contribution < 1.29 is 4.79 Å². The normalized spacial score (nSPS) is 31.0. The second-order valence-electron chi connectivity index (χ2n) is 8.13. The average molecular weight is 397 g/mol. The third kappa shape index (κ3) is 2.36. The van der Waals surface area contributed by atoms with Gasteiger partial charge in [0, 0.05) is 34.4 Å². The summed E-state index contributed by atoms with van der Waals surface area (Å²) in [6.07, 6.45) is 7.67. The van der Waals surface area contributed by atoms with Gasteiger partial charge < -0.3 is 15.6 Å². The number of carbonyl (C=O) groups is 1. The number of carbonyl (C=O) groups excluding carboxylic acids is 1. The van der Waals surface area contributed by atoms with E-state index in [1.54, 1.807) is 0 Å². The maximum atomic E-state index is 13.5. The Labute approximate surface area is 169 Å². The van der Waals surface area contributed by atoms with Crippen LogP contribution >= 0.6 is 11.6 Å². The van der Waals surface area contributed by atoms with Gasteiger partial charge in [-0.2, -0.15) is 0 Å². The summed E-state index contributed by atoms with van der Waals surface area (Å²) in [6.45, 7) is 3.56. The summed E-state index contributed by atoms with van der Waals surface area (Å²) in [5, 5.41) is 8.81. The van der Waals surface area contributed by atoms with E-state index in [1.165, 1.54) is 16.5 Å². The lowest BCUT2D eigenvalue weighted by Gasteiger charge is -2.42. The molecule has 2 aliphatic heterocycles. The molecule has 4 N–H and O–H groups in total. The fourth-order valence-electron chi connectivity index (χ4n) is 5.35. The number of hydrogen-bond acceptors (Lipinski definition) is 3. The van der Waals surface area contributed by atoms with Crippen molar-refractivity contribution in [1.29, 1.82) is 0 Å². The minimum absolute atomic E-state index is 0.0272. The van der Waals surface area contributed by atoms with Gasteiger partial charge in [-0.25, -0.2) is 0 Å². The Bertz CT molecular complexity index is 1020. The number of benzene rings is 1. The molecule has 1 aromatic carbocycles.